The fourth-order valence-electron chi connectivity index (χ4n) is 1.80. The molecule has 0 aliphatic rings. The van der Waals surface area contributed by atoms with E-state index in [4.69, 9.17) is 0 Å². The standard InChI is InChI=1S/C11H18N6/c1-9-7-10(2)17(14-9)6-4-5-12-11-8-13-15-16(11)3/h7-8,12H,4-6H2,1-3H3. The average molecular weight is 234 g/mol. The molecule has 2 aromatic rings. The molecular formula is C11H18N6. The average Bonchev–Trinajstić information content (AvgIpc) is 2.81. The molecule has 17 heavy (non-hydrogen) atoms. The lowest BCUT2D eigenvalue weighted by atomic mass is 10.4. The first-order valence-electron chi connectivity index (χ1n) is 5.76. The first-order valence-corrected chi connectivity index (χ1v) is 5.76. The SMILES string of the molecule is Cc1cc(C)n(CCCNc2cnnn2C)n1. The van der Waals surface area contributed by atoms with Crippen LogP contribution in [0.15, 0.2) is 12.3 Å². The summed E-state index contributed by atoms with van der Waals surface area (Å²) in [7, 11) is 1.87. The van der Waals surface area contributed by atoms with Gasteiger partial charge in [-0.1, -0.05) is 5.21 Å². The van der Waals surface area contributed by atoms with E-state index in [1.54, 1.807) is 10.9 Å². The number of aromatic nitrogens is 5. The van der Waals surface area contributed by atoms with Gasteiger partial charge in [-0.15, -0.1) is 5.10 Å². The molecular weight excluding hydrogens is 216 g/mol. The Bertz CT molecular complexity index is 484. The van der Waals surface area contributed by atoms with Gasteiger partial charge in [-0.05, 0) is 26.3 Å². The Morgan fingerprint density at radius 1 is 1.35 bits per heavy atom. The van der Waals surface area contributed by atoms with Crippen LogP contribution in [0.5, 0.6) is 0 Å². The van der Waals surface area contributed by atoms with E-state index in [1.807, 2.05) is 18.7 Å². The van der Waals surface area contributed by atoms with Crippen LogP contribution in [0.25, 0.3) is 0 Å². The largest absolute Gasteiger partial charge is 0.369 e. The highest BCUT2D eigenvalue weighted by Crippen LogP contribution is 2.04. The number of hydrogen-bond donors (Lipinski definition) is 1. The molecule has 0 saturated heterocycles. The maximum absolute atomic E-state index is 4.42. The molecule has 0 saturated carbocycles. The van der Waals surface area contributed by atoms with Gasteiger partial charge >= 0.3 is 0 Å². The zero-order chi connectivity index (χ0) is 12.3. The minimum atomic E-state index is 0.888. The molecule has 0 aromatic carbocycles. The molecule has 1 N–H and O–H groups in total. The van der Waals surface area contributed by atoms with Gasteiger partial charge < -0.3 is 5.32 Å². The Morgan fingerprint density at radius 2 is 2.18 bits per heavy atom. The minimum absolute atomic E-state index is 0.888. The molecule has 0 aliphatic heterocycles. The highest BCUT2D eigenvalue weighted by atomic mass is 15.4. The van der Waals surface area contributed by atoms with Crippen molar-refractivity contribution >= 4 is 5.82 Å². The van der Waals surface area contributed by atoms with Crippen LogP contribution in [-0.4, -0.2) is 31.3 Å². The van der Waals surface area contributed by atoms with Crippen LogP contribution in [0.1, 0.15) is 17.8 Å². The zero-order valence-corrected chi connectivity index (χ0v) is 10.5. The lowest BCUT2D eigenvalue weighted by Crippen LogP contribution is -2.10. The first kappa shape index (κ1) is 11.6. The van der Waals surface area contributed by atoms with Crippen molar-refractivity contribution in [3.8, 4) is 0 Å². The number of hydrogen-bond acceptors (Lipinski definition) is 4. The van der Waals surface area contributed by atoms with Gasteiger partial charge in [-0.2, -0.15) is 5.10 Å². The summed E-state index contributed by atoms with van der Waals surface area (Å²) in [5.74, 6) is 0.943. The first-order chi connectivity index (χ1) is 8.16. The third kappa shape index (κ3) is 2.83. The van der Waals surface area contributed by atoms with Crippen molar-refractivity contribution in [2.75, 3.05) is 11.9 Å². The summed E-state index contributed by atoms with van der Waals surface area (Å²) in [6, 6.07) is 2.10. The van der Waals surface area contributed by atoms with Crippen molar-refractivity contribution in [1.82, 2.24) is 24.8 Å². The van der Waals surface area contributed by atoms with Gasteiger partial charge in [0, 0.05) is 25.8 Å². The molecule has 0 radical (unpaired) electrons. The highest BCUT2D eigenvalue weighted by Gasteiger charge is 2.01. The van der Waals surface area contributed by atoms with E-state index in [0.29, 0.717) is 0 Å². The Morgan fingerprint density at radius 3 is 2.76 bits per heavy atom. The second kappa shape index (κ2) is 4.99. The second-order valence-electron chi connectivity index (χ2n) is 4.17. The van der Waals surface area contributed by atoms with Crippen LogP contribution < -0.4 is 5.32 Å². The molecule has 6 heteroatoms. The summed E-state index contributed by atoms with van der Waals surface area (Å²) in [6.45, 7) is 5.92. The Balaban J connectivity index is 1.77. The van der Waals surface area contributed by atoms with Crippen LogP contribution in [0.2, 0.25) is 0 Å². The van der Waals surface area contributed by atoms with E-state index in [9.17, 15) is 0 Å². The highest BCUT2D eigenvalue weighted by molar-refractivity contribution is 5.30. The van der Waals surface area contributed by atoms with Gasteiger partial charge in [0.05, 0.1) is 11.9 Å². The number of anilines is 1. The summed E-state index contributed by atoms with van der Waals surface area (Å²) in [5.41, 5.74) is 2.29. The molecule has 0 atom stereocenters. The molecule has 0 amide bonds. The maximum atomic E-state index is 4.42. The summed E-state index contributed by atoms with van der Waals surface area (Å²) >= 11 is 0. The number of aryl methyl sites for hydroxylation is 4. The summed E-state index contributed by atoms with van der Waals surface area (Å²) in [6.07, 6.45) is 2.75. The summed E-state index contributed by atoms with van der Waals surface area (Å²) in [4.78, 5) is 0. The molecule has 2 aromatic heterocycles. The number of nitrogens with one attached hydrogen (secondary N) is 1. The molecule has 6 nitrogen and oxygen atoms in total. The van der Waals surface area contributed by atoms with Crippen LogP contribution >= 0.6 is 0 Å². The van der Waals surface area contributed by atoms with E-state index in [2.05, 4.69) is 33.7 Å². The van der Waals surface area contributed by atoms with E-state index < -0.39 is 0 Å². The monoisotopic (exact) mass is 234 g/mol. The molecule has 92 valence electrons. The van der Waals surface area contributed by atoms with Crippen LogP contribution in [-0.2, 0) is 13.6 Å². The zero-order valence-electron chi connectivity index (χ0n) is 10.5. The molecule has 2 heterocycles. The molecule has 0 fully saturated rings. The van der Waals surface area contributed by atoms with Gasteiger partial charge in [0.25, 0.3) is 0 Å². The minimum Gasteiger partial charge on any atom is -0.369 e. The topological polar surface area (TPSA) is 60.6 Å². The van der Waals surface area contributed by atoms with Crippen molar-refractivity contribution in [1.29, 1.82) is 0 Å². The van der Waals surface area contributed by atoms with Crippen molar-refractivity contribution in [3.63, 3.8) is 0 Å². The Kier molecular flexibility index (Phi) is 3.41. The normalized spacial score (nSPS) is 10.8. The summed E-state index contributed by atoms with van der Waals surface area (Å²) < 4.78 is 3.77. The lowest BCUT2D eigenvalue weighted by Gasteiger charge is -2.06. The van der Waals surface area contributed by atoms with Crippen LogP contribution in [0.3, 0.4) is 0 Å². The molecule has 0 bridgehead atoms. The van der Waals surface area contributed by atoms with Crippen molar-refractivity contribution < 1.29 is 0 Å². The molecule has 2 rings (SSSR count). The number of rotatable bonds is 5. The predicted molar refractivity (Wildman–Crippen MR) is 65.8 cm³/mol. The Labute approximate surface area is 101 Å². The van der Waals surface area contributed by atoms with Gasteiger partial charge in [0.15, 0.2) is 0 Å². The smallest absolute Gasteiger partial charge is 0.144 e. The third-order valence-electron chi connectivity index (χ3n) is 2.67. The van der Waals surface area contributed by atoms with Gasteiger partial charge in [-0.3, -0.25) is 4.68 Å². The molecule has 0 aliphatic carbocycles. The lowest BCUT2D eigenvalue weighted by molar-refractivity contribution is 0.572. The third-order valence-corrected chi connectivity index (χ3v) is 2.67. The quantitative estimate of drug-likeness (QED) is 0.788. The van der Waals surface area contributed by atoms with Crippen molar-refractivity contribution in [3.05, 3.63) is 23.7 Å². The molecule has 0 spiro atoms. The van der Waals surface area contributed by atoms with Gasteiger partial charge in [-0.25, -0.2) is 4.68 Å². The van der Waals surface area contributed by atoms with E-state index in [0.717, 1.165) is 31.0 Å². The van der Waals surface area contributed by atoms with Crippen LogP contribution in [0.4, 0.5) is 5.82 Å². The van der Waals surface area contributed by atoms with Crippen molar-refractivity contribution in [2.24, 2.45) is 7.05 Å². The number of nitrogens with zero attached hydrogens (tertiary/aromatic N) is 5. The van der Waals surface area contributed by atoms with Crippen LogP contribution in [0, 0.1) is 13.8 Å². The maximum Gasteiger partial charge on any atom is 0.144 e. The Hall–Kier alpha value is -1.85. The van der Waals surface area contributed by atoms with Gasteiger partial charge in [0.1, 0.15) is 5.82 Å². The summed E-state index contributed by atoms with van der Waals surface area (Å²) in [5, 5.41) is 15.4. The van der Waals surface area contributed by atoms with E-state index in [-0.39, 0.29) is 0 Å². The van der Waals surface area contributed by atoms with Gasteiger partial charge in [0.2, 0.25) is 0 Å². The fourth-order valence-corrected chi connectivity index (χ4v) is 1.80. The molecule has 0 unspecified atom stereocenters. The van der Waals surface area contributed by atoms with Crippen molar-refractivity contribution in [2.45, 2.75) is 26.8 Å². The van der Waals surface area contributed by atoms with E-state index in [1.165, 1.54) is 5.69 Å². The fraction of sp³-hybridized carbons (Fsp3) is 0.545. The van der Waals surface area contributed by atoms with E-state index >= 15 is 0 Å². The predicted octanol–water partition coefficient (Wildman–Crippen LogP) is 1.13. The second-order valence-corrected chi connectivity index (χ2v) is 4.17.